The van der Waals surface area contributed by atoms with E-state index in [2.05, 4.69) is 6.58 Å². The summed E-state index contributed by atoms with van der Waals surface area (Å²) in [6.45, 7) is 3.54. The monoisotopic (exact) mass is 264 g/mol. The maximum absolute atomic E-state index is 11.9. The second-order valence-corrected chi connectivity index (χ2v) is 3.72. The van der Waals surface area contributed by atoms with Gasteiger partial charge in [0.15, 0.2) is 0 Å². The van der Waals surface area contributed by atoms with Crippen molar-refractivity contribution in [3.63, 3.8) is 0 Å². The molecular formula is C13H16N2O4. The number of hydrogen-bond donors (Lipinski definition) is 1. The minimum Gasteiger partial charge on any atom is -0.458 e. The molecule has 0 saturated carbocycles. The smallest absolute Gasteiger partial charge is 0.338 e. The highest BCUT2D eigenvalue weighted by Gasteiger charge is 2.16. The predicted molar refractivity (Wildman–Crippen MR) is 70.4 cm³/mol. The van der Waals surface area contributed by atoms with E-state index in [4.69, 9.17) is 15.3 Å². The lowest BCUT2D eigenvalue weighted by atomic mass is 10.1. The molecule has 1 aromatic rings. The van der Waals surface area contributed by atoms with Gasteiger partial charge in [0, 0.05) is 18.3 Å². The fourth-order valence-corrected chi connectivity index (χ4v) is 1.38. The lowest BCUT2D eigenvalue weighted by Crippen LogP contribution is -2.25. The first-order chi connectivity index (χ1) is 8.99. The van der Waals surface area contributed by atoms with Crippen molar-refractivity contribution in [2.24, 2.45) is 0 Å². The van der Waals surface area contributed by atoms with Gasteiger partial charge in [-0.1, -0.05) is 12.7 Å². The van der Waals surface area contributed by atoms with Gasteiger partial charge in [0.1, 0.15) is 6.61 Å². The molecule has 0 atom stereocenters. The van der Waals surface area contributed by atoms with E-state index in [9.17, 15) is 9.59 Å². The van der Waals surface area contributed by atoms with E-state index < -0.39 is 11.9 Å². The first kappa shape index (κ1) is 14.7. The van der Waals surface area contributed by atoms with Gasteiger partial charge < -0.3 is 10.5 Å². The predicted octanol–water partition coefficient (Wildman–Crippen LogP) is 1.25. The summed E-state index contributed by atoms with van der Waals surface area (Å²) in [6, 6.07) is 4.30. The summed E-state index contributed by atoms with van der Waals surface area (Å²) in [4.78, 5) is 28.4. The van der Waals surface area contributed by atoms with E-state index in [0.717, 1.165) is 5.06 Å². The topological polar surface area (TPSA) is 81.9 Å². The first-order valence-corrected chi connectivity index (χ1v) is 5.50. The van der Waals surface area contributed by atoms with Crippen molar-refractivity contribution in [2.75, 3.05) is 26.5 Å². The molecule has 0 fully saturated rings. The van der Waals surface area contributed by atoms with Crippen molar-refractivity contribution < 1.29 is 19.2 Å². The van der Waals surface area contributed by atoms with E-state index in [1.807, 2.05) is 0 Å². The molecule has 1 aromatic carbocycles. The number of ether oxygens (including phenoxy) is 1. The van der Waals surface area contributed by atoms with Gasteiger partial charge in [-0.2, -0.15) is 0 Å². The zero-order valence-electron chi connectivity index (χ0n) is 10.9. The third-order valence-corrected chi connectivity index (χ3v) is 2.33. The third-order valence-electron chi connectivity index (χ3n) is 2.33. The molecule has 2 N–H and O–H groups in total. The number of hydroxylamine groups is 2. The summed E-state index contributed by atoms with van der Waals surface area (Å²) in [5.41, 5.74) is 6.41. The van der Waals surface area contributed by atoms with Gasteiger partial charge in [-0.25, -0.2) is 9.86 Å². The average molecular weight is 264 g/mol. The van der Waals surface area contributed by atoms with Crippen LogP contribution in [0.5, 0.6) is 0 Å². The van der Waals surface area contributed by atoms with Crippen LogP contribution in [-0.2, 0) is 9.57 Å². The van der Waals surface area contributed by atoms with Crippen LogP contribution in [0.15, 0.2) is 30.9 Å². The van der Waals surface area contributed by atoms with Crippen LogP contribution in [0.3, 0.4) is 0 Å². The molecule has 1 amide bonds. The number of benzene rings is 1. The fourth-order valence-electron chi connectivity index (χ4n) is 1.38. The number of rotatable bonds is 5. The molecule has 0 heterocycles. The lowest BCUT2D eigenvalue weighted by molar-refractivity contribution is -0.0756. The maximum atomic E-state index is 11.9. The summed E-state index contributed by atoms with van der Waals surface area (Å²) in [7, 11) is 2.82. The molecular weight excluding hydrogens is 248 g/mol. The van der Waals surface area contributed by atoms with E-state index >= 15 is 0 Å². The lowest BCUT2D eigenvalue weighted by Gasteiger charge is -2.14. The Labute approximate surface area is 111 Å². The molecule has 0 unspecified atom stereocenters. The number of hydrogen-bond acceptors (Lipinski definition) is 5. The number of anilines is 1. The molecule has 1 rings (SSSR count). The molecule has 0 aliphatic rings. The Kier molecular flexibility index (Phi) is 5.08. The Balaban J connectivity index is 3.03. The van der Waals surface area contributed by atoms with Crippen molar-refractivity contribution in [2.45, 2.75) is 0 Å². The summed E-state index contributed by atoms with van der Waals surface area (Å²) >= 11 is 0. The van der Waals surface area contributed by atoms with E-state index in [-0.39, 0.29) is 17.7 Å². The Hall–Kier alpha value is -2.34. The maximum Gasteiger partial charge on any atom is 0.338 e. The van der Waals surface area contributed by atoms with Crippen molar-refractivity contribution in [1.29, 1.82) is 0 Å². The molecule has 102 valence electrons. The second kappa shape index (κ2) is 6.55. The van der Waals surface area contributed by atoms with Crippen molar-refractivity contribution in [3.05, 3.63) is 42.0 Å². The number of nitrogen functional groups attached to an aromatic ring is 1. The van der Waals surface area contributed by atoms with Crippen LogP contribution < -0.4 is 5.73 Å². The van der Waals surface area contributed by atoms with Crippen LogP contribution in [0.1, 0.15) is 20.7 Å². The van der Waals surface area contributed by atoms with Crippen LogP contribution in [0.2, 0.25) is 0 Å². The minimum absolute atomic E-state index is 0.0921. The summed E-state index contributed by atoms with van der Waals surface area (Å²) in [5.74, 6) is -0.978. The zero-order chi connectivity index (χ0) is 14.4. The van der Waals surface area contributed by atoms with Crippen LogP contribution in [-0.4, -0.2) is 37.7 Å². The van der Waals surface area contributed by atoms with Gasteiger partial charge in [0.25, 0.3) is 5.91 Å². The van der Waals surface area contributed by atoms with Gasteiger partial charge in [-0.3, -0.25) is 9.63 Å². The average Bonchev–Trinajstić information content (AvgIpc) is 2.42. The number of esters is 1. The number of amides is 1. The highest BCUT2D eigenvalue weighted by atomic mass is 16.7. The van der Waals surface area contributed by atoms with Gasteiger partial charge in [0.2, 0.25) is 0 Å². The quantitative estimate of drug-likeness (QED) is 0.374. The SMILES string of the molecule is C=CCOC(=O)c1cc(N)cc(C(=O)N(C)OC)c1. The Morgan fingerprint density at radius 1 is 1.37 bits per heavy atom. The molecule has 0 radical (unpaired) electrons. The molecule has 0 saturated heterocycles. The Morgan fingerprint density at radius 2 is 2.00 bits per heavy atom. The van der Waals surface area contributed by atoms with Crippen molar-refractivity contribution in [3.8, 4) is 0 Å². The third kappa shape index (κ3) is 3.82. The molecule has 6 heteroatoms. The number of nitrogens with two attached hydrogens (primary N) is 1. The van der Waals surface area contributed by atoms with E-state index in [1.54, 1.807) is 0 Å². The van der Waals surface area contributed by atoms with Crippen LogP contribution in [0.25, 0.3) is 0 Å². The van der Waals surface area contributed by atoms with Gasteiger partial charge in [-0.05, 0) is 18.2 Å². The van der Waals surface area contributed by atoms with Crippen LogP contribution in [0, 0.1) is 0 Å². The molecule has 0 aromatic heterocycles. The van der Waals surface area contributed by atoms with Gasteiger partial charge in [0.05, 0.1) is 12.7 Å². The molecule has 0 aliphatic heterocycles. The summed E-state index contributed by atoms with van der Waals surface area (Å²) < 4.78 is 4.89. The Morgan fingerprint density at radius 3 is 2.58 bits per heavy atom. The first-order valence-electron chi connectivity index (χ1n) is 5.50. The molecule has 6 nitrogen and oxygen atoms in total. The molecule has 0 spiro atoms. The summed E-state index contributed by atoms with van der Waals surface area (Å²) in [6.07, 6.45) is 1.45. The Bertz CT molecular complexity index is 499. The fraction of sp³-hybridized carbons (Fsp3) is 0.231. The van der Waals surface area contributed by atoms with Gasteiger partial charge in [-0.15, -0.1) is 0 Å². The van der Waals surface area contributed by atoms with Crippen LogP contribution >= 0.6 is 0 Å². The normalized spacial score (nSPS) is 9.79. The number of carbonyl (C=O) groups is 2. The van der Waals surface area contributed by atoms with Crippen molar-refractivity contribution in [1.82, 2.24) is 5.06 Å². The van der Waals surface area contributed by atoms with Crippen LogP contribution in [0.4, 0.5) is 5.69 Å². The molecule has 19 heavy (non-hydrogen) atoms. The minimum atomic E-state index is -0.568. The summed E-state index contributed by atoms with van der Waals surface area (Å²) in [5, 5.41) is 1.04. The molecule has 0 bridgehead atoms. The highest BCUT2D eigenvalue weighted by Crippen LogP contribution is 2.15. The highest BCUT2D eigenvalue weighted by molar-refractivity contribution is 5.98. The van der Waals surface area contributed by atoms with E-state index in [1.165, 1.54) is 38.4 Å². The molecule has 0 aliphatic carbocycles. The number of carbonyl (C=O) groups excluding carboxylic acids is 2. The largest absolute Gasteiger partial charge is 0.458 e. The van der Waals surface area contributed by atoms with Crippen molar-refractivity contribution >= 4 is 17.6 Å². The second-order valence-electron chi connectivity index (χ2n) is 3.72. The van der Waals surface area contributed by atoms with Gasteiger partial charge >= 0.3 is 5.97 Å². The van der Waals surface area contributed by atoms with E-state index in [0.29, 0.717) is 5.69 Å². The standard InChI is InChI=1S/C13H16N2O4/c1-4-5-19-13(17)10-6-9(7-11(14)8-10)12(16)15(2)18-3/h4,6-8H,1,5,14H2,2-3H3. The zero-order valence-corrected chi connectivity index (χ0v) is 10.9. The number of nitrogens with zero attached hydrogens (tertiary/aromatic N) is 1.